The van der Waals surface area contributed by atoms with Gasteiger partial charge in [-0.25, -0.2) is 4.98 Å². The zero-order valence-electron chi connectivity index (χ0n) is 10.2. The van der Waals surface area contributed by atoms with Gasteiger partial charge in [0.25, 0.3) is 5.91 Å². The maximum absolute atomic E-state index is 12.0. The molecule has 1 amide bonds. The number of hydrogen-bond acceptors (Lipinski definition) is 4. The molecule has 0 bridgehead atoms. The van der Waals surface area contributed by atoms with Gasteiger partial charge in [0.1, 0.15) is 5.76 Å². The van der Waals surface area contributed by atoms with Gasteiger partial charge >= 0.3 is 0 Å². The lowest BCUT2D eigenvalue weighted by molar-refractivity contribution is 0.0997. The Kier molecular flexibility index (Phi) is 3.54. The van der Waals surface area contributed by atoms with Crippen LogP contribution in [0.1, 0.15) is 10.6 Å². The van der Waals surface area contributed by atoms with Gasteiger partial charge in [0.05, 0.1) is 0 Å². The second-order valence-corrected chi connectivity index (χ2v) is 5.30. The lowest BCUT2D eigenvalue weighted by Gasteiger charge is -1.99. The molecule has 0 atom stereocenters. The highest BCUT2D eigenvalue weighted by atomic mass is 35.5. The molecule has 3 rings (SSSR count). The van der Waals surface area contributed by atoms with Crippen molar-refractivity contribution in [2.45, 2.75) is 0 Å². The number of nitrogens with one attached hydrogen (secondary N) is 1. The second kappa shape index (κ2) is 5.48. The average Bonchev–Trinajstić information content (AvgIpc) is 3.09. The molecule has 1 aromatic carbocycles. The van der Waals surface area contributed by atoms with Crippen molar-refractivity contribution in [3.8, 4) is 11.3 Å². The van der Waals surface area contributed by atoms with E-state index in [1.54, 1.807) is 35.8 Å². The molecule has 6 heteroatoms. The Morgan fingerprint density at radius 3 is 2.95 bits per heavy atom. The molecule has 4 nitrogen and oxygen atoms in total. The van der Waals surface area contributed by atoms with Crippen molar-refractivity contribution in [3.63, 3.8) is 0 Å². The molecule has 0 saturated heterocycles. The smallest absolute Gasteiger partial charge is 0.293 e. The Bertz CT molecular complexity index is 737. The van der Waals surface area contributed by atoms with Crippen LogP contribution in [-0.2, 0) is 0 Å². The quantitative estimate of drug-likeness (QED) is 0.784. The fourth-order valence-corrected chi connectivity index (χ4v) is 2.41. The second-order valence-electron chi connectivity index (χ2n) is 3.97. The highest BCUT2D eigenvalue weighted by Gasteiger charge is 2.13. The number of rotatable bonds is 3. The third-order valence-corrected chi connectivity index (χ3v) is 3.52. The maximum Gasteiger partial charge on any atom is 0.293 e. The fraction of sp³-hybridized carbons (Fsp3) is 0. The van der Waals surface area contributed by atoms with Crippen molar-refractivity contribution in [2.75, 3.05) is 5.32 Å². The third kappa shape index (κ3) is 2.74. The molecule has 3 aromatic rings. The molecule has 0 aliphatic carbocycles. The van der Waals surface area contributed by atoms with Gasteiger partial charge in [-0.15, -0.1) is 11.3 Å². The number of hydrogen-bond donors (Lipinski definition) is 1. The standard InChI is InChI=1S/C14H9ClN2O2S/c15-10-3-1-2-9(8-10)11-4-5-12(19-11)13(18)17-14-16-6-7-20-14/h1-8H,(H,16,17,18). The van der Waals surface area contributed by atoms with Gasteiger partial charge in [0, 0.05) is 22.2 Å². The number of thiazole rings is 1. The van der Waals surface area contributed by atoms with Gasteiger partial charge in [0.15, 0.2) is 10.9 Å². The van der Waals surface area contributed by atoms with Crippen molar-refractivity contribution in [1.82, 2.24) is 4.98 Å². The lowest BCUT2D eigenvalue weighted by atomic mass is 10.2. The van der Waals surface area contributed by atoms with Gasteiger partial charge in [-0.05, 0) is 24.3 Å². The number of halogens is 1. The van der Waals surface area contributed by atoms with Crippen molar-refractivity contribution in [3.05, 3.63) is 58.8 Å². The maximum atomic E-state index is 12.0. The summed E-state index contributed by atoms with van der Waals surface area (Å²) in [6.45, 7) is 0. The summed E-state index contributed by atoms with van der Waals surface area (Å²) in [7, 11) is 0. The minimum absolute atomic E-state index is 0.232. The van der Waals surface area contributed by atoms with E-state index in [1.807, 2.05) is 12.1 Å². The molecule has 0 aliphatic rings. The number of aromatic nitrogens is 1. The van der Waals surface area contributed by atoms with E-state index in [-0.39, 0.29) is 11.7 Å². The highest BCUT2D eigenvalue weighted by molar-refractivity contribution is 7.13. The van der Waals surface area contributed by atoms with Crippen LogP contribution in [0.15, 0.2) is 52.4 Å². The minimum Gasteiger partial charge on any atom is -0.451 e. The van der Waals surface area contributed by atoms with Crippen LogP contribution in [0.2, 0.25) is 5.02 Å². The monoisotopic (exact) mass is 304 g/mol. The van der Waals surface area contributed by atoms with E-state index in [1.165, 1.54) is 11.3 Å². The largest absolute Gasteiger partial charge is 0.451 e. The van der Waals surface area contributed by atoms with Crippen LogP contribution in [0.4, 0.5) is 5.13 Å². The molecule has 0 radical (unpaired) electrons. The Balaban J connectivity index is 1.81. The molecule has 0 saturated carbocycles. The Morgan fingerprint density at radius 2 is 2.20 bits per heavy atom. The van der Waals surface area contributed by atoms with Crippen molar-refractivity contribution >= 4 is 34.0 Å². The number of anilines is 1. The van der Waals surface area contributed by atoms with Crippen LogP contribution < -0.4 is 5.32 Å². The summed E-state index contributed by atoms with van der Waals surface area (Å²) in [4.78, 5) is 15.9. The van der Waals surface area contributed by atoms with E-state index in [2.05, 4.69) is 10.3 Å². The van der Waals surface area contributed by atoms with Crippen LogP contribution in [0.5, 0.6) is 0 Å². The summed E-state index contributed by atoms with van der Waals surface area (Å²) in [5.41, 5.74) is 0.825. The average molecular weight is 305 g/mol. The van der Waals surface area contributed by atoms with E-state index >= 15 is 0 Å². The summed E-state index contributed by atoms with van der Waals surface area (Å²) in [5, 5.41) is 5.61. The van der Waals surface area contributed by atoms with E-state index in [0.29, 0.717) is 15.9 Å². The normalized spacial score (nSPS) is 10.4. The molecule has 2 heterocycles. The van der Waals surface area contributed by atoms with Crippen LogP contribution in [0.25, 0.3) is 11.3 Å². The summed E-state index contributed by atoms with van der Waals surface area (Å²) in [6, 6.07) is 10.6. The predicted octanol–water partition coefficient (Wildman–Crippen LogP) is 4.31. The third-order valence-electron chi connectivity index (χ3n) is 2.59. The van der Waals surface area contributed by atoms with Gasteiger partial charge in [-0.1, -0.05) is 23.7 Å². The van der Waals surface area contributed by atoms with Crippen LogP contribution >= 0.6 is 22.9 Å². The lowest BCUT2D eigenvalue weighted by Crippen LogP contribution is -2.10. The molecular weight excluding hydrogens is 296 g/mol. The van der Waals surface area contributed by atoms with Crippen LogP contribution in [0, 0.1) is 0 Å². The van der Waals surface area contributed by atoms with Crippen LogP contribution in [0.3, 0.4) is 0 Å². The first-order chi connectivity index (χ1) is 9.72. The molecule has 0 spiro atoms. The Hall–Kier alpha value is -2.11. The highest BCUT2D eigenvalue weighted by Crippen LogP contribution is 2.25. The molecule has 0 fully saturated rings. The van der Waals surface area contributed by atoms with Crippen LogP contribution in [-0.4, -0.2) is 10.9 Å². The summed E-state index contributed by atoms with van der Waals surface area (Å²) in [6.07, 6.45) is 1.62. The summed E-state index contributed by atoms with van der Waals surface area (Å²) in [5.74, 6) is 0.500. The first kappa shape index (κ1) is 12.9. The first-order valence-electron chi connectivity index (χ1n) is 5.79. The molecule has 0 aliphatic heterocycles. The predicted molar refractivity (Wildman–Crippen MR) is 79.2 cm³/mol. The molecule has 20 heavy (non-hydrogen) atoms. The molecule has 0 unspecified atom stereocenters. The van der Waals surface area contributed by atoms with E-state index in [4.69, 9.17) is 16.0 Å². The van der Waals surface area contributed by atoms with Gasteiger partial charge in [-0.2, -0.15) is 0 Å². The Morgan fingerprint density at radius 1 is 1.30 bits per heavy atom. The number of amides is 1. The molecule has 2 aromatic heterocycles. The topological polar surface area (TPSA) is 55.1 Å². The fourth-order valence-electron chi connectivity index (χ4n) is 1.70. The SMILES string of the molecule is O=C(Nc1nccs1)c1ccc(-c2cccc(Cl)c2)o1. The zero-order chi connectivity index (χ0) is 13.9. The first-order valence-corrected chi connectivity index (χ1v) is 7.05. The molecule has 1 N–H and O–H groups in total. The number of furan rings is 1. The van der Waals surface area contributed by atoms with Crippen molar-refractivity contribution < 1.29 is 9.21 Å². The van der Waals surface area contributed by atoms with Gasteiger partial charge in [0.2, 0.25) is 0 Å². The summed E-state index contributed by atoms with van der Waals surface area (Å²) >= 11 is 7.28. The number of benzene rings is 1. The number of nitrogens with zero attached hydrogens (tertiary/aromatic N) is 1. The summed E-state index contributed by atoms with van der Waals surface area (Å²) < 4.78 is 5.54. The molecule has 100 valence electrons. The number of carbonyl (C=O) groups is 1. The van der Waals surface area contributed by atoms with E-state index in [0.717, 1.165) is 5.56 Å². The number of carbonyl (C=O) groups excluding carboxylic acids is 1. The van der Waals surface area contributed by atoms with Crippen molar-refractivity contribution in [2.24, 2.45) is 0 Å². The zero-order valence-corrected chi connectivity index (χ0v) is 11.7. The van der Waals surface area contributed by atoms with E-state index in [9.17, 15) is 4.79 Å². The van der Waals surface area contributed by atoms with E-state index < -0.39 is 0 Å². The Labute approximate surface area is 124 Å². The van der Waals surface area contributed by atoms with Gasteiger partial charge < -0.3 is 4.42 Å². The van der Waals surface area contributed by atoms with Gasteiger partial charge in [-0.3, -0.25) is 10.1 Å². The van der Waals surface area contributed by atoms with Crippen molar-refractivity contribution in [1.29, 1.82) is 0 Å². The minimum atomic E-state index is -0.326. The molecular formula is C14H9ClN2O2S.